The van der Waals surface area contributed by atoms with Crippen LogP contribution in [0.3, 0.4) is 0 Å². The van der Waals surface area contributed by atoms with E-state index in [1.165, 1.54) is 17.5 Å². The number of carboxylic acid groups (broad SMARTS) is 1. The zero-order chi connectivity index (χ0) is 9.26. The number of aromatic carboxylic acids is 1. The first-order chi connectivity index (χ1) is 6.27. The van der Waals surface area contributed by atoms with E-state index in [9.17, 15) is 4.79 Å². The molecule has 1 N–H and O–H groups in total. The van der Waals surface area contributed by atoms with E-state index in [-0.39, 0.29) is 0 Å². The van der Waals surface area contributed by atoms with Crippen LogP contribution in [0.25, 0.3) is 0 Å². The second-order valence-electron chi connectivity index (χ2n) is 2.69. The Labute approximate surface area is 79.1 Å². The predicted molar refractivity (Wildman–Crippen MR) is 50.4 cm³/mol. The molecule has 68 valence electrons. The summed E-state index contributed by atoms with van der Waals surface area (Å²) < 4.78 is 0. The zero-order valence-corrected chi connectivity index (χ0v) is 7.62. The summed E-state index contributed by atoms with van der Waals surface area (Å²) in [5.41, 5.74) is 0. The van der Waals surface area contributed by atoms with E-state index in [1.807, 2.05) is 17.1 Å². The van der Waals surface area contributed by atoms with Crippen molar-refractivity contribution in [1.29, 1.82) is 0 Å². The molecule has 1 aromatic rings. The normalized spacial score (nSPS) is 15.2. The molecule has 0 saturated carbocycles. The fourth-order valence-corrected chi connectivity index (χ4v) is 1.92. The monoisotopic (exact) mass is 196 g/mol. The summed E-state index contributed by atoms with van der Waals surface area (Å²) in [5, 5.41) is 9.46. The molecule has 13 heavy (non-hydrogen) atoms. The molecule has 0 fully saturated rings. The average Bonchev–Trinajstić information content (AvgIpc) is 2.75. The second-order valence-corrected chi connectivity index (χ2v) is 3.70. The van der Waals surface area contributed by atoms with Crippen LogP contribution in [0.15, 0.2) is 18.3 Å². The highest BCUT2D eigenvalue weighted by Gasteiger charge is 2.14. The lowest BCUT2D eigenvalue weighted by Crippen LogP contribution is -2.17. The Morgan fingerprint density at radius 3 is 2.77 bits per heavy atom. The molecule has 2 rings (SSSR count). The highest BCUT2D eigenvalue weighted by Crippen LogP contribution is 2.23. The smallest absolute Gasteiger partial charge is 0.347 e. The number of carbonyl (C=O) groups is 1. The molecule has 0 aliphatic carbocycles. The zero-order valence-electron chi connectivity index (χ0n) is 6.80. The van der Waals surface area contributed by atoms with E-state index >= 15 is 0 Å². The highest BCUT2D eigenvalue weighted by molar-refractivity contribution is 7.17. The lowest BCUT2D eigenvalue weighted by Gasteiger charge is -2.11. The van der Waals surface area contributed by atoms with Gasteiger partial charge >= 0.3 is 5.97 Å². The van der Waals surface area contributed by atoms with Crippen LogP contribution in [-0.4, -0.2) is 29.1 Å². The minimum absolute atomic E-state index is 0.293. The Hall–Kier alpha value is -1.36. The average molecular weight is 196 g/mol. The molecule has 0 atom stereocenters. The van der Waals surface area contributed by atoms with Gasteiger partial charge < -0.3 is 10.0 Å². The fraction of sp³-hybridized carbons (Fsp3) is 0.250. The van der Waals surface area contributed by atoms with Crippen LogP contribution < -0.4 is 4.90 Å². The number of carboxylic acids is 1. The maximum absolute atomic E-state index is 10.6. The number of rotatable bonds is 2. The van der Waals surface area contributed by atoms with Gasteiger partial charge in [-0.25, -0.2) is 9.78 Å². The lowest BCUT2D eigenvalue weighted by molar-refractivity contribution is 0.0702. The number of thiazole rings is 1. The Balaban J connectivity index is 2.17. The van der Waals surface area contributed by atoms with Crippen molar-refractivity contribution in [2.45, 2.75) is 0 Å². The number of hydrogen-bond donors (Lipinski definition) is 1. The first-order valence-electron chi connectivity index (χ1n) is 3.86. The first-order valence-corrected chi connectivity index (χ1v) is 4.68. The van der Waals surface area contributed by atoms with Gasteiger partial charge in [0, 0.05) is 13.1 Å². The Morgan fingerprint density at radius 2 is 2.23 bits per heavy atom. The molecule has 2 heterocycles. The van der Waals surface area contributed by atoms with E-state index in [1.54, 1.807) is 0 Å². The van der Waals surface area contributed by atoms with Gasteiger partial charge in [-0.3, -0.25) is 0 Å². The van der Waals surface area contributed by atoms with Crippen LogP contribution in [0.4, 0.5) is 5.13 Å². The van der Waals surface area contributed by atoms with Crippen LogP contribution in [0.5, 0.6) is 0 Å². The quantitative estimate of drug-likeness (QED) is 0.722. The van der Waals surface area contributed by atoms with Crippen LogP contribution in [0.1, 0.15) is 9.67 Å². The molecule has 1 aromatic heterocycles. The first kappa shape index (κ1) is 8.25. The lowest BCUT2D eigenvalue weighted by atomic mass is 10.6. The molecular formula is C8H8N2O2S. The second kappa shape index (κ2) is 3.18. The van der Waals surface area contributed by atoms with Gasteiger partial charge in [-0.2, -0.15) is 0 Å². The Kier molecular flexibility index (Phi) is 2.02. The van der Waals surface area contributed by atoms with Crippen molar-refractivity contribution in [3.05, 3.63) is 23.2 Å². The maximum atomic E-state index is 10.6. The molecule has 5 heteroatoms. The molecule has 1 aliphatic heterocycles. The molecule has 0 amide bonds. The summed E-state index contributed by atoms with van der Waals surface area (Å²) in [6, 6.07) is 0. The van der Waals surface area contributed by atoms with E-state index in [4.69, 9.17) is 5.11 Å². The highest BCUT2D eigenvalue weighted by atomic mass is 32.1. The van der Waals surface area contributed by atoms with Crippen molar-refractivity contribution >= 4 is 22.4 Å². The predicted octanol–water partition coefficient (Wildman–Crippen LogP) is 1.22. The number of nitrogens with zero attached hydrogens (tertiary/aromatic N) is 2. The van der Waals surface area contributed by atoms with Gasteiger partial charge in [0.1, 0.15) is 4.88 Å². The van der Waals surface area contributed by atoms with Crippen molar-refractivity contribution in [1.82, 2.24) is 4.98 Å². The Morgan fingerprint density at radius 1 is 1.54 bits per heavy atom. The van der Waals surface area contributed by atoms with Crippen LogP contribution >= 0.6 is 11.3 Å². The van der Waals surface area contributed by atoms with E-state index in [2.05, 4.69) is 4.98 Å². The minimum Gasteiger partial charge on any atom is -0.477 e. The summed E-state index contributed by atoms with van der Waals surface area (Å²) in [4.78, 5) is 16.9. The summed E-state index contributed by atoms with van der Waals surface area (Å²) in [6.07, 6.45) is 5.49. The molecule has 0 aromatic carbocycles. The number of hydrogen-bond acceptors (Lipinski definition) is 4. The van der Waals surface area contributed by atoms with Gasteiger partial charge in [0.05, 0.1) is 6.20 Å². The number of aromatic nitrogens is 1. The van der Waals surface area contributed by atoms with Crippen molar-refractivity contribution in [3.63, 3.8) is 0 Å². The number of anilines is 1. The third kappa shape index (κ3) is 1.55. The van der Waals surface area contributed by atoms with Crippen LogP contribution in [0.2, 0.25) is 0 Å². The van der Waals surface area contributed by atoms with Crippen molar-refractivity contribution in [2.24, 2.45) is 0 Å². The van der Waals surface area contributed by atoms with Gasteiger partial charge in [0.2, 0.25) is 0 Å². The third-order valence-electron chi connectivity index (χ3n) is 1.79. The maximum Gasteiger partial charge on any atom is 0.347 e. The summed E-state index contributed by atoms with van der Waals surface area (Å²) in [7, 11) is 0. The van der Waals surface area contributed by atoms with E-state index in [0.717, 1.165) is 18.2 Å². The molecule has 0 saturated heterocycles. The van der Waals surface area contributed by atoms with Gasteiger partial charge in [-0.1, -0.05) is 23.5 Å². The molecule has 4 nitrogen and oxygen atoms in total. The summed E-state index contributed by atoms with van der Waals surface area (Å²) in [5.74, 6) is -0.907. The third-order valence-corrected chi connectivity index (χ3v) is 2.84. The van der Waals surface area contributed by atoms with Crippen molar-refractivity contribution < 1.29 is 9.90 Å². The van der Waals surface area contributed by atoms with Gasteiger partial charge in [-0.15, -0.1) is 0 Å². The SMILES string of the molecule is O=C(O)c1cnc(N2CC=CC2)s1. The Bertz CT molecular complexity index is 351. The van der Waals surface area contributed by atoms with Gasteiger partial charge in [-0.05, 0) is 0 Å². The van der Waals surface area contributed by atoms with Gasteiger partial charge in [0.15, 0.2) is 5.13 Å². The fourth-order valence-electron chi connectivity index (χ4n) is 1.14. The topological polar surface area (TPSA) is 53.4 Å². The summed E-state index contributed by atoms with van der Waals surface area (Å²) >= 11 is 1.21. The molecule has 0 radical (unpaired) electrons. The van der Waals surface area contributed by atoms with Crippen LogP contribution in [-0.2, 0) is 0 Å². The largest absolute Gasteiger partial charge is 0.477 e. The standard InChI is InChI=1S/C8H8N2O2S/c11-7(12)6-5-9-8(13-6)10-3-1-2-4-10/h1-2,5H,3-4H2,(H,11,12). The molecule has 1 aliphatic rings. The summed E-state index contributed by atoms with van der Waals surface area (Å²) in [6.45, 7) is 1.65. The molecule has 0 unspecified atom stereocenters. The molecule has 0 bridgehead atoms. The van der Waals surface area contributed by atoms with Crippen LogP contribution in [0, 0.1) is 0 Å². The van der Waals surface area contributed by atoms with E-state index < -0.39 is 5.97 Å². The van der Waals surface area contributed by atoms with Crippen molar-refractivity contribution in [3.8, 4) is 0 Å². The molecule has 0 spiro atoms. The molecular weight excluding hydrogens is 188 g/mol. The van der Waals surface area contributed by atoms with E-state index in [0.29, 0.717) is 4.88 Å². The van der Waals surface area contributed by atoms with Crippen molar-refractivity contribution in [2.75, 3.05) is 18.0 Å². The van der Waals surface area contributed by atoms with Gasteiger partial charge in [0.25, 0.3) is 0 Å². The minimum atomic E-state index is -0.907.